The maximum absolute atomic E-state index is 12.3. The van der Waals surface area contributed by atoms with Gasteiger partial charge in [-0.05, 0) is 47.6 Å². The average Bonchev–Trinajstić information content (AvgIpc) is 2.73. The van der Waals surface area contributed by atoms with E-state index in [1.54, 1.807) is 19.2 Å². The highest BCUT2D eigenvalue weighted by molar-refractivity contribution is 9.10. The topological polar surface area (TPSA) is 92.3 Å². The second-order valence-corrected chi connectivity index (χ2v) is 10.1. The van der Waals surface area contributed by atoms with Gasteiger partial charge in [-0.25, -0.2) is 8.42 Å². The normalized spacial score (nSPS) is 12.7. The van der Waals surface area contributed by atoms with Crippen LogP contribution in [-0.4, -0.2) is 50.0 Å². The number of nitrogens with one attached hydrogen (secondary N) is 2. The Kier molecular flexibility index (Phi) is 7.27. The van der Waals surface area contributed by atoms with Gasteiger partial charge in [0.15, 0.2) is 9.84 Å². The second-order valence-electron chi connectivity index (χ2n) is 6.32. The summed E-state index contributed by atoms with van der Waals surface area (Å²) in [4.78, 5) is 24.3. The van der Waals surface area contributed by atoms with Crippen molar-refractivity contribution in [1.29, 1.82) is 0 Å². The van der Waals surface area contributed by atoms with E-state index in [1.165, 1.54) is 11.3 Å². The van der Waals surface area contributed by atoms with Gasteiger partial charge in [-0.15, -0.1) is 11.3 Å². The van der Waals surface area contributed by atoms with Gasteiger partial charge in [-0.2, -0.15) is 13.2 Å². The Bertz CT molecular complexity index is 789. The van der Waals surface area contributed by atoms with Gasteiger partial charge >= 0.3 is 6.18 Å². The number of rotatable bonds is 7. The van der Waals surface area contributed by atoms with Crippen LogP contribution in [-0.2, 0) is 14.6 Å². The van der Waals surface area contributed by atoms with Crippen molar-refractivity contribution in [2.75, 3.05) is 18.1 Å². The minimum absolute atomic E-state index is 0.152. The number of hydrogen-bond donors (Lipinski definition) is 2. The first kappa shape index (κ1) is 22.9. The third-order valence-electron chi connectivity index (χ3n) is 3.02. The fourth-order valence-electron chi connectivity index (χ4n) is 1.86. The van der Waals surface area contributed by atoms with Crippen LogP contribution in [0, 0.1) is 6.92 Å². The number of alkyl halides is 3. The van der Waals surface area contributed by atoms with E-state index in [1.807, 2.05) is 6.92 Å². The lowest BCUT2D eigenvalue weighted by molar-refractivity contribution is -0.119. The summed E-state index contributed by atoms with van der Waals surface area (Å²) in [5.74, 6) is -4.78. The van der Waals surface area contributed by atoms with Gasteiger partial charge in [-0.3, -0.25) is 9.59 Å². The Morgan fingerprint density at radius 1 is 1.27 bits per heavy atom. The van der Waals surface area contributed by atoms with Crippen molar-refractivity contribution in [2.24, 2.45) is 0 Å². The predicted octanol–water partition coefficient (Wildman–Crippen LogP) is 2.42. The number of sulfone groups is 1. The molecule has 0 aliphatic carbocycles. The number of aryl methyl sites for hydroxylation is 1. The predicted molar refractivity (Wildman–Crippen MR) is 96.0 cm³/mol. The van der Waals surface area contributed by atoms with Gasteiger partial charge in [0.25, 0.3) is 5.91 Å². The summed E-state index contributed by atoms with van der Waals surface area (Å²) in [6.45, 7) is 4.85. The number of halogens is 4. The zero-order chi connectivity index (χ0) is 20.3. The number of carbonyl (C=O) groups is 2. The molecule has 2 amide bonds. The highest BCUT2D eigenvalue weighted by Crippen LogP contribution is 2.27. The van der Waals surface area contributed by atoms with Gasteiger partial charge in [0.05, 0.1) is 5.54 Å². The summed E-state index contributed by atoms with van der Waals surface area (Å²) in [7, 11) is -4.60. The lowest BCUT2D eigenvalue weighted by Crippen LogP contribution is -2.52. The molecule has 6 nitrogen and oxygen atoms in total. The van der Waals surface area contributed by atoms with Gasteiger partial charge in [0.2, 0.25) is 5.91 Å². The Morgan fingerprint density at radius 2 is 1.85 bits per heavy atom. The molecule has 1 aromatic rings. The summed E-state index contributed by atoms with van der Waals surface area (Å²) in [5, 5.41) is 6.70. The van der Waals surface area contributed by atoms with Crippen molar-refractivity contribution >= 4 is 48.9 Å². The standard InChI is InChI=1S/C14H18BrF3N2O4S2/c1-8-4-25-11(10(8)15)12(22)20-13(2,3)6-19-9(21)5-26(23,24)7-14(16,17)18/h4H,5-7H2,1-3H3,(H,19,21)(H,20,22). The van der Waals surface area contributed by atoms with Crippen molar-refractivity contribution in [3.8, 4) is 0 Å². The first-order valence-electron chi connectivity index (χ1n) is 7.22. The molecule has 0 atom stereocenters. The fourth-order valence-corrected chi connectivity index (χ4v) is 4.53. The maximum atomic E-state index is 12.3. The molecule has 0 radical (unpaired) electrons. The van der Waals surface area contributed by atoms with Crippen LogP contribution in [0.1, 0.15) is 29.1 Å². The molecule has 0 aliphatic heterocycles. The van der Waals surface area contributed by atoms with Crippen LogP contribution >= 0.6 is 27.3 Å². The van der Waals surface area contributed by atoms with Crippen molar-refractivity contribution in [1.82, 2.24) is 10.6 Å². The third-order valence-corrected chi connectivity index (χ3v) is 6.87. The van der Waals surface area contributed by atoms with Crippen LogP contribution in [0.2, 0.25) is 0 Å². The second kappa shape index (κ2) is 8.26. The third kappa shape index (κ3) is 7.62. The van der Waals surface area contributed by atoms with Crippen LogP contribution in [0.5, 0.6) is 0 Å². The molecular formula is C14H18BrF3N2O4S2. The van der Waals surface area contributed by atoms with Crippen molar-refractivity contribution < 1.29 is 31.2 Å². The van der Waals surface area contributed by atoms with Crippen molar-refractivity contribution in [2.45, 2.75) is 32.5 Å². The number of amides is 2. The molecule has 26 heavy (non-hydrogen) atoms. The molecule has 0 bridgehead atoms. The molecule has 0 unspecified atom stereocenters. The van der Waals surface area contributed by atoms with E-state index in [4.69, 9.17) is 0 Å². The molecular weight excluding hydrogens is 461 g/mol. The number of hydrogen-bond acceptors (Lipinski definition) is 5. The minimum atomic E-state index is -4.90. The van der Waals surface area contributed by atoms with Crippen LogP contribution < -0.4 is 10.6 Å². The molecule has 2 N–H and O–H groups in total. The quantitative estimate of drug-likeness (QED) is 0.629. The molecule has 1 heterocycles. The van der Waals surface area contributed by atoms with Crippen molar-refractivity contribution in [3.05, 3.63) is 20.3 Å². The van der Waals surface area contributed by atoms with Gasteiger partial charge in [-0.1, -0.05) is 0 Å². The Morgan fingerprint density at radius 3 is 2.31 bits per heavy atom. The Labute approximate surface area is 161 Å². The van der Waals surface area contributed by atoms with E-state index in [2.05, 4.69) is 26.6 Å². The Hall–Kier alpha value is -1.14. The first-order valence-corrected chi connectivity index (χ1v) is 10.7. The van der Waals surface area contributed by atoms with Gasteiger partial charge in [0.1, 0.15) is 16.4 Å². The summed E-state index contributed by atoms with van der Waals surface area (Å²) >= 11 is 4.53. The fraction of sp³-hybridized carbons (Fsp3) is 0.571. The molecule has 0 fully saturated rings. The average molecular weight is 479 g/mol. The minimum Gasteiger partial charge on any atom is -0.353 e. The molecule has 148 valence electrons. The molecule has 0 saturated carbocycles. The smallest absolute Gasteiger partial charge is 0.353 e. The highest BCUT2D eigenvalue weighted by Gasteiger charge is 2.36. The summed E-state index contributed by atoms with van der Waals surface area (Å²) in [5.41, 5.74) is -0.0566. The zero-order valence-corrected chi connectivity index (χ0v) is 17.4. The van der Waals surface area contributed by atoms with Crippen LogP contribution in [0.3, 0.4) is 0 Å². The van der Waals surface area contributed by atoms with Crippen LogP contribution in [0.15, 0.2) is 9.85 Å². The van der Waals surface area contributed by atoms with E-state index in [-0.39, 0.29) is 12.5 Å². The summed E-state index contributed by atoms with van der Waals surface area (Å²) in [6.07, 6.45) is -4.90. The van der Waals surface area contributed by atoms with Gasteiger partial charge < -0.3 is 10.6 Å². The molecule has 1 aromatic heterocycles. The zero-order valence-electron chi connectivity index (χ0n) is 14.2. The number of carbonyl (C=O) groups excluding carboxylic acids is 2. The van der Waals surface area contributed by atoms with E-state index in [0.717, 1.165) is 5.56 Å². The summed E-state index contributed by atoms with van der Waals surface area (Å²) < 4.78 is 59.8. The lowest BCUT2D eigenvalue weighted by atomic mass is 10.1. The van der Waals surface area contributed by atoms with E-state index >= 15 is 0 Å². The largest absolute Gasteiger partial charge is 0.402 e. The molecule has 12 heteroatoms. The first-order chi connectivity index (χ1) is 11.6. The van der Waals surface area contributed by atoms with E-state index < -0.39 is 39.0 Å². The molecule has 0 saturated heterocycles. The lowest BCUT2D eigenvalue weighted by Gasteiger charge is -2.26. The summed E-state index contributed by atoms with van der Waals surface area (Å²) in [6, 6.07) is 0. The Balaban J connectivity index is 2.61. The monoisotopic (exact) mass is 478 g/mol. The molecule has 0 aliphatic rings. The number of thiophene rings is 1. The SMILES string of the molecule is Cc1csc(C(=O)NC(C)(C)CNC(=O)CS(=O)(=O)CC(F)(F)F)c1Br. The van der Waals surface area contributed by atoms with Crippen LogP contribution in [0.4, 0.5) is 13.2 Å². The van der Waals surface area contributed by atoms with Gasteiger partial charge in [0, 0.05) is 11.0 Å². The molecule has 0 spiro atoms. The van der Waals surface area contributed by atoms with Crippen molar-refractivity contribution in [3.63, 3.8) is 0 Å². The highest BCUT2D eigenvalue weighted by atomic mass is 79.9. The molecule has 1 rings (SSSR count). The van der Waals surface area contributed by atoms with E-state index in [9.17, 15) is 31.2 Å². The maximum Gasteiger partial charge on any atom is 0.402 e. The van der Waals surface area contributed by atoms with E-state index in [0.29, 0.717) is 9.35 Å². The van der Waals surface area contributed by atoms with Crippen LogP contribution in [0.25, 0.3) is 0 Å². The molecule has 0 aromatic carbocycles.